The van der Waals surface area contributed by atoms with Gasteiger partial charge in [-0.05, 0) is 30.3 Å². The Morgan fingerprint density at radius 2 is 1.85 bits per heavy atom. The highest BCUT2D eigenvalue weighted by Gasteiger charge is 2.27. The van der Waals surface area contributed by atoms with Gasteiger partial charge in [-0.25, -0.2) is 18.0 Å². The van der Waals surface area contributed by atoms with E-state index in [1.54, 1.807) is 0 Å². The molecule has 0 amide bonds. The van der Waals surface area contributed by atoms with Crippen molar-refractivity contribution in [2.24, 2.45) is 0 Å². The number of benzene rings is 2. The molecule has 0 spiro atoms. The minimum absolute atomic E-state index is 0.0868. The normalized spacial score (nSPS) is 10.8. The van der Waals surface area contributed by atoms with Crippen LogP contribution >= 0.6 is 0 Å². The van der Waals surface area contributed by atoms with Crippen LogP contribution in [0.1, 0.15) is 20.7 Å². The van der Waals surface area contributed by atoms with E-state index < -0.39 is 37.5 Å². The molecule has 0 heterocycles. The third-order valence-electron chi connectivity index (χ3n) is 3.23. The lowest BCUT2D eigenvalue weighted by Gasteiger charge is -2.10. The number of nitrogens with zero attached hydrogens (tertiary/aromatic N) is 1. The third-order valence-corrected chi connectivity index (χ3v) is 4.66. The Morgan fingerprint density at radius 3 is 2.42 bits per heavy atom. The van der Waals surface area contributed by atoms with Gasteiger partial charge in [0.2, 0.25) is 0 Å². The van der Waals surface area contributed by atoms with E-state index in [9.17, 15) is 28.1 Å². The quantitative estimate of drug-likeness (QED) is 0.437. The highest BCUT2D eigenvalue weighted by Crippen LogP contribution is 2.27. The average molecular weight is 380 g/mol. The van der Waals surface area contributed by atoms with Crippen LogP contribution < -0.4 is 4.72 Å². The summed E-state index contributed by atoms with van der Waals surface area (Å²) in [5, 5.41) is 20.1. The number of hydrogen-bond acceptors (Lipinski definition) is 7. The molecular weight excluding hydrogens is 368 g/mol. The Morgan fingerprint density at radius 1 is 1.15 bits per heavy atom. The number of esters is 1. The summed E-state index contributed by atoms with van der Waals surface area (Å²) in [6.07, 6.45) is 0. The molecule has 0 bridgehead atoms. The first-order valence-corrected chi connectivity index (χ1v) is 8.37. The SMILES string of the molecule is COC(=O)c1ccc(S(=O)(=O)Nc2cccc(C(=O)O)c2)c([N+](=O)[O-])c1. The first-order valence-electron chi connectivity index (χ1n) is 6.88. The van der Waals surface area contributed by atoms with Crippen LogP contribution in [0.3, 0.4) is 0 Å². The minimum Gasteiger partial charge on any atom is -0.478 e. The number of anilines is 1. The van der Waals surface area contributed by atoms with Gasteiger partial charge >= 0.3 is 11.9 Å². The molecular formula is C15H12N2O8S. The summed E-state index contributed by atoms with van der Waals surface area (Å²) >= 11 is 0. The van der Waals surface area contributed by atoms with Gasteiger partial charge in [0, 0.05) is 11.8 Å². The van der Waals surface area contributed by atoms with Crippen LogP contribution in [-0.4, -0.2) is 37.5 Å². The Hall–Kier alpha value is -3.47. The van der Waals surface area contributed by atoms with Crippen LogP contribution in [-0.2, 0) is 14.8 Å². The van der Waals surface area contributed by atoms with E-state index in [1.165, 1.54) is 18.2 Å². The van der Waals surface area contributed by atoms with Crippen LogP contribution in [0.25, 0.3) is 0 Å². The monoisotopic (exact) mass is 380 g/mol. The first-order chi connectivity index (χ1) is 12.2. The molecule has 136 valence electrons. The lowest BCUT2D eigenvalue weighted by Crippen LogP contribution is -2.16. The van der Waals surface area contributed by atoms with Gasteiger partial charge in [0.25, 0.3) is 15.7 Å². The van der Waals surface area contributed by atoms with Crippen molar-refractivity contribution in [1.82, 2.24) is 0 Å². The third kappa shape index (κ3) is 3.95. The zero-order chi connectivity index (χ0) is 19.5. The smallest absolute Gasteiger partial charge is 0.338 e. The molecule has 11 heteroatoms. The predicted molar refractivity (Wildman–Crippen MR) is 88.6 cm³/mol. The minimum atomic E-state index is -4.42. The van der Waals surface area contributed by atoms with E-state index >= 15 is 0 Å². The standard InChI is InChI=1S/C15H12N2O8S/c1-25-15(20)10-5-6-13(12(8-10)17(21)22)26(23,24)16-11-4-2-3-9(7-11)14(18)19/h2-8,16H,1H3,(H,18,19). The van der Waals surface area contributed by atoms with Crippen molar-refractivity contribution in [3.05, 3.63) is 63.7 Å². The number of rotatable bonds is 6. The van der Waals surface area contributed by atoms with Gasteiger partial charge in [0.05, 0.1) is 23.2 Å². The number of methoxy groups -OCH3 is 1. The number of carbonyl (C=O) groups is 2. The molecule has 0 atom stereocenters. The van der Waals surface area contributed by atoms with Crippen molar-refractivity contribution < 1.29 is 32.8 Å². The summed E-state index contributed by atoms with van der Waals surface area (Å²) in [7, 11) is -3.34. The highest BCUT2D eigenvalue weighted by molar-refractivity contribution is 7.92. The van der Waals surface area contributed by atoms with E-state index in [1.807, 2.05) is 0 Å². The number of nitrogens with one attached hydrogen (secondary N) is 1. The van der Waals surface area contributed by atoms with E-state index in [-0.39, 0.29) is 16.8 Å². The summed E-state index contributed by atoms with van der Waals surface area (Å²) in [5.41, 5.74) is -1.27. The number of nitro groups is 1. The van der Waals surface area contributed by atoms with Crippen LogP contribution in [0.5, 0.6) is 0 Å². The number of aromatic carboxylic acids is 1. The van der Waals surface area contributed by atoms with Gasteiger partial charge in [0.15, 0.2) is 4.90 Å². The van der Waals surface area contributed by atoms with Gasteiger partial charge in [-0.15, -0.1) is 0 Å². The van der Waals surface area contributed by atoms with Crippen molar-refractivity contribution >= 4 is 33.3 Å². The number of carboxylic acid groups (broad SMARTS) is 1. The van der Waals surface area contributed by atoms with Crippen LogP contribution in [0, 0.1) is 10.1 Å². The molecule has 0 aromatic heterocycles. The van der Waals surface area contributed by atoms with Gasteiger partial charge < -0.3 is 9.84 Å². The molecule has 2 aromatic rings. The lowest BCUT2D eigenvalue weighted by atomic mass is 10.2. The number of carboxylic acids is 1. The maximum absolute atomic E-state index is 12.5. The summed E-state index contributed by atoms with van der Waals surface area (Å²) in [6.45, 7) is 0. The number of ether oxygens (including phenoxy) is 1. The molecule has 26 heavy (non-hydrogen) atoms. The Labute approximate surface area is 147 Å². The molecule has 2 N–H and O–H groups in total. The van der Waals surface area contributed by atoms with E-state index in [0.717, 1.165) is 31.4 Å². The molecule has 0 aliphatic heterocycles. The fourth-order valence-corrected chi connectivity index (χ4v) is 3.26. The summed E-state index contributed by atoms with van der Waals surface area (Å²) in [4.78, 5) is 32.0. The van der Waals surface area contributed by atoms with Gasteiger partial charge in [-0.3, -0.25) is 14.8 Å². The Kier molecular flexibility index (Phi) is 5.22. The molecule has 0 unspecified atom stereocenters. The second kappa shape index (κ2) is 7.19. The maximum Gasteiger partial charge on any atom is 0.338 e. The van der Waals surface area contributed by atoms with Crippen molar-refractivity contribution in [2.45, 2.75) is 4.90 Å². The number of hydrogen-bond donors (Lipinski definition) is 2. The van der Waals surface area contributed by atoms with Crippen molar-refractivity contribution in [1.29, 1.82) is 0 Å². The summed E-state index contributed by atoms with van der Waals surface area (Å²) < 4.78 is 31.5. The molecule has 0 saturated heterocycles. The van der Waals surface area contributed by atoms with Crippen molar-refractivity contribution in [3.8, 4) is 0 Å². The molecule has 0 aliphatic carbocycles. The lowest BCUT2D eigenvalue weighted by molar-refractivity contribution is -0.387. The van der Waals surface area contributed by atoms with Crippen LogP contribution in [0.15, 0.2) is 47.4 Å². The van der Waals surface area contributed by atoms with Crippen LogP contribution in [0.4, 0.5) is 11.4 Å². The molecule has 0 radical (unpaired) electrons. The van der Waals surface area contributed by atoms with Crippen molar-refractivity contribution in [2.75, 3.05) is 11.8 Å². The number of sulfonamides is 1. The molecule has 0 aliphatic rings. The predicted octanol–water partition coefficient (Wildman–Crippen LogP) is 1.88. The molecule has 0 fully saturated rings. The zero-order valence-electron chi connectivity index (χ0n) is 13.2. The Bertz CT molecular complexity index is 1000. The molecule has 10 nitrogen and oxygen atoms in total. The van der Waals surface area contributed by atoms with E-state index in [0.29, 0.717) is 0 Å². The van der Waals surface area contributed by atoms with Gasteiger partial charge in [0.1, 0.15) is 0 Å². The van der Waals surface area contributed by atoms with Gasteiger partial charge in [-0.1, -0.05) is 6.07 Å². The number of nitro benzene ring substituents is 1. The number of carbonyl (C=O) groups excluding carboxylic acids is 1. The zero-order valence-corrected chi connectivity index (χ0v) is 14.0. The maximum atomic E-state index is 12.5. The Balaban J connectivity index is 2.48. The van der Waals surface area contributed by atoms with E-state index in [2.05, 4.69) is 9.46 Å². The van der Waals surface area contributed by atoms with Gasteiger partial charge in [-0.2, -0.15) is 0 Å². The fourth-order valence-electron chi connectivity index (χ4n) is 2.06. The molecule has 2 aromatic carbocycles. The highest BCUT2D eigenvalue weighted by atomic mass is 32.2. The topological polar surface area (TPSA) is 153 Å². The largest absolute Gasteiger partial charge is 0.478 e. The first kappa shape index (κ1) is 18.9. The second-order valence-electron chi connectivity index (χ2n) is 4.92. The van der Waals surface area contributed by atoms with Crippen molar-refractivity contribution in [3.63, 3.8) is 0 Å². The molecule has 2 rings (SSSR count). The second-order valence-corrected chi connectivity index (χ2v) is 6.57. The average Bonchev–Trinajstić information content (AvgIpc) is 2.60. The summed E-state index contributed by atoms with van der Waals surface area (Å²) in [5.74, 6) is -2.13. The fraction of sp³-hybridized carbons (Fsp3) is 0.0667. The summed E-state index contributed by atoms with van der Waals surface area (Å²) in [6, 6.07) is 7.68. The van der Waals surface area contributed by atoms with Crippen LogP contribution in [0.2, 0.25) is 0 Å². The molecule has 0 saturated carbocycles. The van der Waals surface area contributed by atoms with E-state index in [4.69, 9.17) is 5.11 Å².